The lowest BCUT2D eigenvalue weighted by Gasteiger charge is -2.31. The molecule has 1 aromatic carbocycles. The molecule has 1 aliphatic rings. The summed E-state index contributed by atoms with van der Waals surface area (Å²) >= 11 is 0. The molecule has 2 heterocycles. The van der Waals surface area contributed by atoms with Gasteiger partial charge in [0.1, 0.15) is 0 Å². The summed E-state index contributed by atoms with van der Waals surface area (Å²) < 4.78 is 2.07. The van der Waals surface area contributed by atoms with E-state index >= 15 is 0 Å². The van der Waals surface area contributed by atoms with Crippen LogP contribution in [0.5, 0.6) is 0 Å². The third-order valence-electron chi connectivity index (χ3n) is 5.83. The number of hydrogen-bond donors (Lipinski definition) is 1. The predicted molar refractivity (Wildman–Crippen MR) is 109 cm³/mol. The minimum absolute atomic E-state index is 0.273. The molecule has 0 bridgehead atoms. The molecule has 0 spiro atoms. The minimum Gasteiger partial charge on any atom is -0.343 e. The fourth-order valence-corrected chi connectivity index (χ4v) is 3.92. The maximum Gasteiger partial charge on any atom is 0.222 e. The molecule has 1 aromatic heterocycles. The molecule has 0 radical (unpaired) electrons. The van der Waals surface area contributed by atoms with Gasteiger partial charge in [-0.1, -0.05) is 29.8 Å². The van der Waals surface area contributed by atoms with Crippen molar-refractivity contribution in [2.75, 3.05) is 20.1 Å². The summed E-state index contributed by atoms with van der Waals surface area (Å²) in [5.74, 6) is 0.273. The van der Waals surface area contributed by atoms with Gasteiger partial charge in [0.05, 0.1) is 12.2 Å². The van der Waals surface area contributed by atoms with Crippen LogP contribution in [0.1, 0.15) is 47.3 Å². The van der Waals surface area contributed by atoms with Crippen molar-refractivity contribution in [2.45, 2.75) is 59.0 Å². The Kier molecular flexibility index (Phi) is 6.32. The monoisotopic (exact) mass is 368 g/mol. The van der Waals surface area contributed by atoms with E-state index in [9.17, 15) is 4.79 Å². The zero-order valence-electron chi connectivity index (χ0n) is 17.1. The van der Waals surface area contributed by atoms with Crippen LogP contribution in [-0.4, -0.2) is 46.8 Å². The second-order valence-electron chi connectivity index (χ2n) is 7.74. The number of carbonyl (C=O) groups excluding carboxylic acids is 1. The van der Waals surface area contributed by atoms with Crippen molar-refractivity contribution in [3.63, 3.8) is 0 Å². The Morgan fingerprint density at radius 3 is 2.44 bits per heavy atom. The fourth-order valence-electron chi connectivity index (χ4n) is 3.92. The number of nitrogens with one attached hydrogen (secondary N) is 1. The van der Waals surface area contributed by atoms with Gasteiger partial charge >= 0.3 is 0 Å². The summed E-state index contributed by atoms with van der Waals surface area (Å²) in [4.78, 5) is 14.6. The van der Waals surface area contributed by atoms with Crippen LogP contribution >= 0.6 is 0 Å². The van der Waals surface area contributed by atoms with Gasteiger partial charge in [0.2, 0.25) is 5.91 Å². The van der Waals surface area contributed by atoms with Crippen LogP contribution in [0.4, 0.5) is 0 Å². The maximum atomic E-state index is 12.6. The molecule has 0 saturated carbocycles. The van der Waals surface area contributed by atoms with Gasteiger partial charge in [-0.2, -0.15) is 5.10 Å². The first-order valence-corrected chi connectivity index (χ1v) is 10.0. The summed E-state index contributed by atoms with van der Waals surface area (Å²) in [6.07, 6.45) is 3.45. The van der Waals surface area contributed by atoms with E-state index in [2.05, 4.69) is 55.0 Å². The summed E-state index contributed by atoms with van der Waals surface area (Å²) in [6.45, 7) is 8.79. The van der Waals surface area contributed by atoms with Crippen LogP contribution in [0.2, 0.25) is 0 Å². The molecule has 1 N–H and O–H groups in total. The average molecular weight is 369 g/mol. The van der Waals surface area contributed by atoms with Crippen LogP contribution in [0, 0.1) is 20.8 Å². The zero-order chi connectivity index (χ0) is 19.4. The summed E-state index contributed by atoms with van der Waals surface area (Å²) in [7, 11) is 2.00. The molecule has 1 fully saturated rings. The highest BCUT2D eigenvalue weighted by Crippen LogP contribution is 2.18. The molecule has 5 heteroatoms. The Balaban J connectivity index is 1.59. The number of aryl methyl sites for hydroxylation is 2. The quantitative estimate of drug-likeness (QED) is 0.853. The highest BCUT2D eigenvalue weighted by atomic mass is 16.2. The first kappa shape index (κ1) is 19.6. The van der Waals surface area contributed by atoms with Crippen LogP contribution < -0.4 is 5.32 Å². The van der Waals surface area contributed by atoms with E-state index in [4.69, 9.17) is 5.10 Å². The molecule has 1 amide bonds. The number of hydrogen-bond acceptors (Lipinski definition) is 3. The van der Waals surface area contributed by atoms with E-state index in [1.54, 1.807) is 0 Å². The van der Waals surface area contributed by atoms with Crippen molar-refractivity contribution in [1.82, 2.24) is 20.0 Å². The smallest absolute Gasteiger partial charge is 0.222 e. The van der Waals surface area contributed by atoms with E-state index < -0.39 is 0 Å². The second kappa shape index (κ2) is 8.70. The summed E-state index contributed by atoms with van der Waals surface area (Å²) in [6, 6.07) is 9.14. The van der Waals surface area contributed by atoms with Gasteiger partial charge in [-0.25, -0.2) is 0 Å². The molecule has 3 rings (SSSR count). The van der Waals surface area contributed by atoms with Crippen molar-refractivity contribution in [3.8, 4) is 0 Å². The van der Waals surface area contributed by atoms with Gasteiger partial charge in [0.25, 0.3) is 0 Å². The largest absolute Gasteiger partial charge is 0.343 e. The SMILES string of the molecule is CNC1CCN(C(=O)CCc2c(C)nn(Cc3ccc(C)cc3)c2C)CC1. The Labute approximate surface area is 162 Å². The van der Waals surface area contributed by atoms with E-state index in [1.165, 1.54) is 22.4 Å². The molecule has 2 aromatic rings. The Bertz CT molecular complexity index is 770. The standard InChI is InChI=1S/C22H32N4O/c1-16-5-7-19(8-6-16)15-26-18(3)21(17(2)24-26)9-10-22(27)25-13-11-20(23-4)12-14-25/h5-8,20,23H,9-15H2,1-4H3. The van der Waals surface area contributed by atoms with Gasteiger partial charge in [0.15, 0.2) is 0 Å². The number of rotatable bonds is 6. The molecule has 0 atom stereocenters. The number of carbonyl (C=O) groups is 1. The Morgan fingerprint density at radius 2 is 1.81 bits per heavy atom. The van der Waals surface area contributed by atoms with E-state index in [1.807, 2.05) is 11.9 Å². The first-order chi connectivity index (χ1) is 13.0. The highest BCUT2D eigenvalue weighted by molar-refractivity contribution is 5.76. The van der Waals surface area contributed by atoms with Crippen molar-refractivity contribution in [2.24, 2.45) is 0 Å². The number of likely N-dealkylation sites (tertiary alicyclic amines) is 1. The zero-order valence-corrected chi connectivity index (χ0v) is 17.1. The van der Waals surface area contributed by atoms with Gasteiger partial charge in [-0.3, -0.25) is 9.48 Å². The lowest BCUT2D eigenvalue weighted by Crippen LogP contribution is -2.44. The van der Waals surface area contributed by atoms with Crippen LogP contribution in [0.3, 0.4) is 0 Å². The van der Waals surface area contributed by atoms with Crippen molar-refractivity contribution >= 4 is 5.91 Å². The number of aromatic nitrogens is 2. The van der Waals surface area contributed by atoms with Gasteiger partial charge in [0, 0.05) is 31.2 Å². The van der Waals surface area contributed by atoms with Crippen molar-refractivity contribution in [3.05, 3.63) is 52.3 Å². The third-order valence-corrected chi connectivity index (χ3v) is 5.83. The number of nitrogens with zero attached hydrogens (tertiary/aromatic N) is 3. The molecule has 0 unspecified atom stereocenters. The summed E-state index contributed by atoms with van der Waals surface area (Å²) in [5.41, 5.74) is 5.96. The normalized spacial score (nSPS) is 15.3. The van der Waals surface area contributed by atoms with E-state index in [-0.39, 0.29) is 5.91 Å². The molecular formula is C22H32N4O. The Morgan fingerprint density at radius 1 is 1.15 bits per heavy atom. The summed E-state index contributed by atoms with van der Waals surface area (Å²) in [5, 5.41) is 8.04. The predicted octanol–water partition coefficient (Wildman–Crippen LogP) is 3.00. The highest BCUT2D eigenvalue weighted by Gasteiger charge is 2.22. The lowest BCUT2D eigenvalue weighted by molar-refractivity contribution is -0.132. The molecular weight excluding hydrogens is 336 g/mol. The van der Waals surface area contributed by atoms with Gasteiger partial charge in [-0.15, -0.1) is 0 Å². The Hall–Kier alpha value is -2.14. The second-order valence-corrected chi connectivity index (χ2v) is 7.74. The minimum atomic E-state index is 0.273. The average Bonchev–Trinajstić information content (AvgIpc) is 2.94. The number of piperidine rings is 1. The van der Waals surface area contributed by atoms with E-state index in [0.29, 0.717) is 12.5 Å². The third kappa shape index (κ3) is 4.78. The number of amides is 1. The van der Waals surface area contributed by atoms with Gasteiger partial charge in [-0.05, 0) is 58.2 Å². The fraction of sp³-hybridized carbons (Fsp3) is 0.545. The van der Waals surface area contributed by atoms with Crippen molar-refractivity contribution < 1.29 is 4.79 Å². The number of benzene rings is 1. The van der Waals surface area contributed by atoms with Crippen LogP contribution in [0.25, 0.3) is 0 Å². The molecule has 1 aliphatic heterocycles. The van der Waals surface area contributed by atoms with Crippen LogP contribution in [-0.2, 0) is 17.8 Å². The molecule has 27 heavy (non-hydrogen) atoms. The van der Waals surface area contributed by atoms with Gasteiger partial charge < -0.3 is 10.2 Å². The topological polar surface area (TPSA) is 50.2 Å². The maximum absolute atomic E-state index is 12.6. The molecule has 1 saturated heterocycles. The van der Waals surface area contributed by atoms with Crippen LogP contribution in [0.15, 0.2) is 24.3 Å². The molecule has 5 nitrogen and oxygen atoms in total. The lowest BCUT2D eigenvalue weighted by atomic mass is 10.0. The molecule has 146 valence electrons. The van der Waals surface area contributed by atoms with Crippen molar-refractivity contribution in [1.29, 1.82) is 0 Å². The molecule has 0 aliphatic carbocycles. The van der Waals surface area contributed by atoms with E-state index in [0.717, 1.165) is 44.6 Å². The first-order valence-electron chi connectivity index (χ1n) is 10.0.